The number of carbonyl (C=O) groups is 3. The van der Waals surface area contributed by atoms with Crippen molar-refractivity contribution in [3.63, 3.8) is 0 Å². The van der Waals surface area contributed by atoms with Crippen molar-refractivity contribution in [3.05, 3.63) is 26.8 Å². The lowest BCUT2D eigenvalue weighted by Gasteiger charge is -2.43. The van der Waals surface area contributed by atoms with Gasteiger partial charge in [-0.25, -0.2) is 0 Å². The van der Waals surface area contributed by atoms with Gasteiger partial charge in [0.2, 0.25) is 11.8 Å². The molecule has 1 aromatic carbocycles. The monoisotopic (exact) mass is 579 g/mol. The molecule has 0 radical (unpaired) electrons. The fourth-order valence-corrected chi connectivity index (χ4v) is 6.51. The van der Waals surface area contributed by atoms with Crippen LogP contribution in [0.15, 0.2) is 12.1 Å². The topological polar surface area (TPSA) is 93.8 Å². The van der Waals surface area contributed by atoms with Gasteiger partial charge in [-0.3, -0.25) is 29.9 Å². The summed E-state index contributed by atoms with van der Waals surface area (Å²) in [5, 5.41) is 9.79. The van der Waals surface area contributed by atoms with Crippen molar-refractivity contribution in [1.29, 1.82) is 0 Å². The molecule has 3 fully saturated rings. The Hall–Kier alpha value is -1.72. The number of rotatable bonds is 4. The Morgan fingerprint density at radius 1 is 0.971 bits per heavy atom. The van der Waals surface area contributed by atoms with Crippen molar-refractivity contribution in [2.75, 3.05) is 18.4 Å². The van der Waals surface area contributed by atoms with Crippen molar-refractivity contribution in [2.45, 2.75) is 89.1 Å². The average Bonchev–Trinajstić information content (AvgIpc) is 3.10. The van der Waals surface area contributed by atoms with Crippen LogP contribution in [0.4, 0.5) is 5.69 Å². The molecule has 34 heavy (non-hydrogen) atoms. The van der Waals surface area contributed by atoms with Gasteiger partial charge in [0.15, 0.2) is 0 Å². The van der Waals surface area contributed by atoms with Crippen LogP contribution in [0.5, 0.6) is 0 Å². The molecular formula is C25H34IN5O3. The second-order valence-electron chi connectivity index (χ2n) is 9.98. The molecule has 2 atom stereocenters. The Kier molecular flexibility index (Phi) is 7.41. The van der Waals surface area contributed by atoms with Crippen LogP contribution in [0, 0.1) is 3.57 Å². The predicted octanol–water partition coefficient (Wildman–Crippen LogP) is 3.16. The third kappa shape index (κ3) is 4.97. The van der Waals surface area contributed by atoms with Gasteiger partial charge in [-0.2, -0.15) is 0 Å². The third-order valence-corrected chi connectivity index (χ3v) is 8.60. The highest BCUT2D eigenvalue weighted by atomic mass is 127. The van der Waals surface area contributed by atoms with E-state index in [0.29, 0.717) is 24.6 Å². The van der Waals surface area contributed by atoms with Crippen molar-refractivity contribution in [2.24, 2.45) is 0 Å². The van der Waals surface area contributed by atoms with Crippen LogP contribution in [-0.2, 0) is 16.1 Å². The molecule has 0 bridgehead atoms. The molecule has 3 N–H and O–H groups in total. The van der Waals surface area contributed by atoms with E-state index in [1.807, 2.05) is 6.07 Å². The smallest absolute Gasteiger partial charge is 0.255 e. The van der Waals surface area contributed by atoms with E-state index in [1.165, 1.54) is 44.9 Å². The van der Waals surface area contributed by atoms with Crippen LogP contribution in [0.3, 0.4) is 0 Å². The molecule has 5 rings (SSSR count). The lowest BCUT2D eigenvalue weighted by Crippen LogP contribution is -2.59. The number of piperidine rings is 1. The molecule has 1 aromatic rings. The van der Waals surface area contributed by atoms with Crippen molar-refractivity contribution in [1.82, 2.24) is 20.4 Å². The van der Waals surface area contributed by atoms with Gasteiger partial charge in [-0.15, -0.1) is 0 Å². The minimum absolute atomic E-state index is 0.0769. The average molecular weight is 579 g/mol. The van der Waals surface area contributed by atoms with Crippen LogP contribution >= 0.6 is 22.6 Å². The second kappa shape index (κ2) is 10.5. The van der Waals surface area contributed by atoms with Gasteiger partial charge in [0.1, 0.15) is 12.3 Å². The normalized spacial score (nSPS) is 27.2. The summed E-state index contributed by atoms with van der Waals surface area (Å²) in [4.78, 5) is 41.2. The highest BCUT2D eigenvalue weighted by Crippen LogP contribution is 2.33. The summed E-state index contributed by atoms with van der Waals surface area (Å²) in [5.74, 6) is -0.757. The summed E-state index contributed by atoms with van der Waals surface area (Å²) in [6, 6.07) is 4.03. The molecule has 8 nitrogen and oxygen atoms in total. The van der Waals surface area contributed by atoms with Crippen LogP contribution in [0.25, 0.3) is 0 Å². The number of carbonyl (C=O) groups excluding carboxylic acids is 3. The van der Waals surface area contributed by atoms with Crippen LogP contribution in [-0.4, -0.2) is 59.0 Å². The number of fused-ring (bicyclic) bond motifs is 1. The molecule has 184 valence electrons. The molecule has 1 aliphatic carbocycles. The summed E-state index contributed by atoms with van der Waals surface area (Å²) in [6.45, 7) is 2.49. The number of halogens is 1. The lowest BCUT2D eigenvalue weighted by molar-refractivity contribution is -0.136. The standard InChI is InChI=1S/C25H34IN5O3/c26-19-14-18-16(15-31(24(18)34)21-9-10-22(32)29-23(21)33)13-20(19)28-25-27-11-6-12-30(25)17-7-4-2-1-3-5-8-17/h13-14,17,21,25,27-28H,1-12,15H2,(H,29,32,33). The zero-order valence-corrected chi connectivity index (χ0v) is 21.7. The summed E-state index contributed by atoms with van der Waals surface area (Å²) in [5.41, 5.74) is 2.62. The first kappa shape index (κ1) is 24.0. The molecule has 1 saturated carbocycles. The Morgan fingerprint density at radius 3 is 2.50 bits per heavy atom. The lowest BCUT2D eigenvalue weighted by atomic mass is 9.95. The molecule has 3 heterocycles. The fraction of sp³-hybridized carbons (Fsp3) is 0.640. The molecule has 0 aromatic heterocycles. The van der Waals surface area contributed by atoms with Crippen molar-refractivity contribution < 1.29 is 14.4 Å². The Labute approximate surface area is 214 Å². The summed E-state index contributed by atoms with van der Waals surface area (Å²) in [7, 11) is 0. The van der Waals surface area contributed by atoms with Gasteiger partial charge in [-0.1, -0.05) is 32.1 Å². The highest BCUT2D eigenvalue weighted by molar-refractivity contribution is 14.1. The van der Waals surface area contributed by atoms with Gasteiger partial charge in [-0.05, 0) is 72.5 Å². The maximum absolute atomic E-state index is 13.1. The van der Waals surface area contributed by atoms with Gasteiger partial charge in [0.25, 0.3) is 5.91 Å². The number of amides is 3. The maximum atomic E-state index is 13.1. The van der Waals surface area contributed by atoms with E-state index in [4.69, 9.17) is 0 Å². The van der Waals surface area contributed by atoms with E-state index >= 15 is 0 Å². The van der Waals surface area contributed by atoms with E-state index in [1.54, 1.807) is 4.90 Å². The summed E-state index contributed by atoms with van der Waals surface area (Å²) >= 11 is 2.30. The first-order valence-corrected chi connectivity index (χ1v) is 13.8. The Balaban J connectivity index is 1.32. The number of imide groups is 1. The van der Waals surface area contributed by atoms with Gasteiger partial charge >= 0.3 is 0 Å². The van der Waals surface area contributed by atoms with E-state index in [2.05, 4.69) is 49.5 Å². The highest BCUT2D eigenvalue weighted by Gasteiger charge is 2.39. The van der Waals surface area contributed by atoms with E-state index in [0.717, 1.165) is 34.3 Å². The Morgan fingerprint density at radius 2 is 1.74 bits per heavy atom. The molecule has 4 aliphatic rings. The summed E-state index contributed by atoms with van der Waals surface area (Å²) in [6.07, 6.45) is 11.1. The summed E-state index contributed by atoms with van der Waals surface area (Å²) < 4.78 is 1.000. The predicted molar refractivity (Wildman–Crippen MR) is 138 cm³/mol. The van der Waals surface area contributed by atoms with Crippen molar-refractivity contribution >= 4 is 46.0 Å². The molecule has 2 saturated heterocycles. The number of hydrogen-bond acceptors (Lipinski definition) is 6. The van der Waals surface area contributed by atoms with E-state index < -0.39 is 6.04 Å². The number of nitrogens with one attached hydrogen (secondary N) is 3. The minimum Gasteiger partial charge on any atom is -0.357 e. The SMILES string of the molecule is O=C1CCC(N2Cc3cc(NC4NCCCN4C4CCCCCCC4)c(I)cc3C2=O)C(=O)N1. The third-order valence-electron chi connectivity index (χ3n) is 7.71. The number of benzene rings is 1. The number of nitrogens with zero attached hydrogens (tertiary/aromatic N) is 2. The largest absolute Gasteiger partial charge is 0.357 e. The zero-order chi connectivity index (χ0) is 23.7. The van der Waals surface area contributed by atoms with Crippen molar-refractivity contribution in [3.8, 4) is 0 Å². The van der Waals surface area contributed by atoms with Gasteiger partial charge in [0, 0.05) is 34.7 Å². The number of hydrogen-bond donors (Lipinski definition) is 3. The Bertz CT molecular complexity index is 962. The minimum atomic E-state index is -0.582. The van der Waals surface area contributed by atoms with E-state index in [-0.39, 0.29) is 30.4 Å². The van der Waals surface area contributed by atoms with Crippen LogP contribution < -0.4 is 16.0 Å². The first-order valence-electron chi connectivity index (χ1n) is 12.7. The number of anilines is 1. The van der Waals surface area contributed by atoms with Gasteiger partial charge < -0.3 is 10.2 Å². The first-order chi connectivity index (χ1) is 16.5. The second-order valence-corrected chi connectivity index (χ2v) is 11.1. The molecule has 2 unspecified atom stereocenters. The molecular weight excluding hydrogens is 545 g/mol. The quantitative estimate of drug-likeness (QED) is 0.375. The van der Waals surface area contributed by atoms with Gasteiger partial charge in [0.05, 0.1) is 5.69 Å². The van der Waals surface area contributed by atoms with E-state index in [9.17, 15) is 14.4 Å². The molecule has 3 amide bonds. The van der Waals surface area contributed by atoms with Crippen LogP contribution in [0.1, 0.15) is 80.1 Å². The molecule has 3 aliphatic heterocycles. The fourth-order valence-electron chi connectivity index (χ4n) is 5.89. The molecule has 9 heteroatoms. The molecule has 0 spiro atoms. The van der Waals surface area contributed by atoms with Crippen LogP contribution in [0.2, 0.25) is 0 Å². The zero-order valence-electron chi connectivity index (χ0n) is 19.6. The maximum Gasteiger partial charge on any atom is 0.255 e.